The minimum atomic E-state index is -0.903. The summed E-state index contributed by atoms with van der Waals surface area (Å²) in [5.74, 6) is -1.54. The Bertz CT molecular complexity index is 347. The zero-order valence-corrected chi connectivity index (χ0v) is 10.3. The molecule has 2 aliphatic heterocycles. The first kappa shape index (κ1) is 12.5. The Labute approximate surface area is 100 Å². The fourth-order valence-corrected chi connectivity index (χ4v) is 2.19. The van der Waals surface area contributed by atoms with Gasteiger partial charge in [-0.2, -0.15) is 0 Å². The number of rotatable bonds is 2. The predicted molar refractivity (Wildman–Crippen MR) is 59.5 cm³/mol. The molecule has 3 atom stereocenters. The lowest BCUT2D eigenvalue weighted by Gasteiger charge is -2.38. The molecule has 17 heavy (non-hydrogen) atoms. The number of aliphatic carboxylic acids is 1. The van der Waals surface area contributed by atoms with Gasteiger partial charge in [0.1, 0.15) is 6.10 Å². The van der Waals surface area contributed by atoms with Crippen LogP contribution in [0.1, 0.15) is 20.8 Å². The summed E-state index contributed by atoms with van der Waals surface area (Å²) >= 11 is 0. The van der Waals surface area contributed by atoms with Crippen LogP contribution in [0.2, 0.25) is 0 Å². The van der Waals surface area contributed by atoms with Crippen LogP contribution in [0.3, 0.4) is 0 Å². The third-order valence-corrected chi connectivity index (χ3v) is 3.11. The molecule has 2 rings (SSSR count). The molecule has 0 bridgehead atoms. The van der Waals surface area contributed by atoms with Crippen LogP contribution in [0.4, 0.5) is 0 Å². The van der Waals surface area contributed by atoms with E-state index in [1.165, 1.54) is 0 Å². The van der Waals surface area contributed by atoms with Crippen molar-refractivity contribution >= 4 is 5.97 Å². The van der Waals surface area contributed by atoms with E-state index in [1.807, 2.05) is 13.8 Å². The highest BCUT2D eigenvalue weighted by atomic mass is 16.7. The largest absolute Gasteiger partial charge is 0.478 e. The monoisotopic (exact) mass is 242 g/mol. The lowest BCUT2D eigenvalue weighted by Crippen LogP contribution is -2.48. The predicted octanol–water partition coefficient (Wildman–Crippen LogP) is 1.18. The van der Waals surface area contributed by atoms with Crippen LogP contribution < -0.4 is 0 Å². The second kappa shape index (κ2) is 4.40. The number of carboxylic acid groups (broad SMARTS) is 1. The van der Waals surface area contributed by atoms with E-state index in [0.717, 1.165) is 0 Å². The maximum Gasteiger partial charge on any atom is 0.330 e. The Morgan fingerprint density at radius 2 is 2.12 bits per heavy atom. The van der Waals surface area contributed by atoms with E-state index in [2.05, 4.69) is 0 Å². The van der Waals surface area contributed by atoms with Crippen molar-refractivity contribution in [3.8, 4) is 0 Å². The van der Waals surface area contributed by atoms with Crippen LogP contribution >= 0.6 is 0 Å². The lowest BCUT2D eigenvalue weighted by atomic mass is 9.98. The maximum atomic E-state index is 10.8. The molecule has 0 amide bonds. The van der Waals surface area contributed by atoms with Crippen LogP contribution in [0, 0.1) is 5.92 Å². The van der Waals surface area contributed by atoms with Crippen molar-refractivity contribution < 1.29 is 24.1 Å². The van der Waals surface area contributed by atoms with Crippen LogP contribution in [0.25, 0.3) is 0 Å². The Morgan fingerprint density at radius 1 is 1.41 bits per heavy atom. The third kappa shape index (κ3) is 2.68. The molecule has 96 valence electrons. The molecule has 5 nitrogen and oxygen atoms in total. The highest BCUT2D eigenvalue weighted by molar-refractivity contribution is 5.85. The first-order valence-electron chi connectivity index (χ1n) is 5.74. The van der Waals surface area contributed by atoms with Gasteiger partial charge in [0.2, 0.25) is 0 Å². The summed E-state index contributed by atoms with van der Waals surface area (Å²) in [7, 11) is 0. The van der Waals surface area contributed by atoms with E-state index in [-0.39, 0.29) is 18.1 Å². The van der Waals surface area contributed by atoms with E-state index in [1.54, 1.807) is 13.0 Å². The lowest BCUT2D eigenvalue weighted by molar-refractivity contribution is -0.295. The number of ether oxygens (including phenoxy) is 3. The van der Waals surface area contributed by atoms with Crippen molar-refractivity contribution in [3.05, 3.63) is 11.6 Å². The Hall–Kier alpha value is -0.910. The fraction of sp³-hybridized carbons (Fsp3) is 0.750. The molecule has 0 spiro atoms. The van der Waals surface area contributed by atoms with Gasteiger partial charge in [0, 0.05) is 11.5 Å². The van der Waals surface area contributed by atoms with Gasteiger partial charge in [-0.3, -0.25) is 0 Å². The zero-order chi connectivity index (χ0) is 12.6. The van der Waals surface area contributed by atoms with Gasteiger partial charge in [0.25, 0.3) is 0 Å². The molecule has 2 aliphatic rings. The molecule has 2 fully saturated rings. The molecule has 0 aromatic heterocycles. The summed E-state index contributed by atoms with van der Waals surface area (Å²) in [5, 5.41) is 8.87. The quantitative estimate of drug-likeness (QED) is 0.737. The van der Waals surface area contributed by atoms with Gasteiger partial charge in [-0.15, -0.1) is 0 Å². The van der Waals surface area contributed by atoms with Gasteiger partial charge < -0.3 is 19.3 Å². The van der Waals surface area contributed by atoms with E-state index in [9.17, 15) is 4.79 Å². The van der Waals surface area contributed by atoms with Crippen LogP contribution in [-0.4, -0.2) is 42.3 Å². The van der Waals surface area contributed by atoms with E-state index >= 15 is 0 Å². The Kier molecular flexibility index (Phi) is 3.25. The topological polar surface area (TPSA) is 65.0 Å². The molecule has 0 aliphatic carbocycles. The molecular weight excluding hydrogens is 224 g/mol. The van der Waals surface area contributed by atoms with Gasteiger partial charge in [-0.05, 0) is 20.8 Å². The zero-order valence-electron chi connectivity index (χ0n) is 10.3. The van der Waals surface area contributed by atoms with E-state index < -0.39 is 11.8 Å². The van der Waals surface area contributed by atoms with E-state index in [0.29, 0.717) is 18.8 Å². The number of hydrogen-bond donors (Lipinski definition) is 1. The number of fused-ring (bicyclic) bond motifs is 1. The Morgan fingerprint density at radius 3 is 2.76 bits per heavy atom. The van der Waals surface area contributed by atoms with Crippen molar-refractivity contribution in [2.24, 2.45) is 5.92 Å². The first-order chi connectivity index (χ1) is 7.89. The van der Waals surface area contributed by atoms with Crippen molar-refractivity contribution in [2.45, 2.75) is 38.8 Å². The van der Waals surface area contributed by atoms with Gasteiger partial charge in [0.05, 0.1) is 19.3 Å². The highest BCUT2D eigenvalue weighted by Gasteiger charge is 2.45. The summed E-state index contributed by atoms with van der Waals surface area (Å²) in [5.41, 5.74) is 0.326. The average Bonchev–Trinajstić information content (AvgIpc) is 2.59. The van der Waals surface area contributed by atoms with Crippen LogP contribution in [0.15, 0.2) is 11.6 Å². The molecule has 3 unspecified atom stereocenters. The smallest absolute Gasteiger partial charge is 0.330 e. The molecule has 0 aromatic rings. The van der Waals surface area contributed by atoms with Crippen molar-refractivity contribution in [3.63, 3.8) is 0 Å². The Balaban J connectivity index is 2.11. The first-order valence-corrected chi connectivity index (χ1v) is 5.74. The summed E-state index contributed by atoms with van der Waals surface area (Å²) in [6, 6.07) is 0. The summed E-state index contributed by atoms with van der Waals surface area (Å²) in [4.78, 5) is 10.8. The normalized spacial score (nSPS) is 36.6. The molecule has 0 saturated carbocycles. The standard InChI is InChI=1S/C12H18O5/c1-7(11(13)14)4-8-5-15-9-6-16-12(2,3)17-10(8)9/h4,8-10H,5-6H2,1-3H3,(H,13,14). The van der Waals surface area contributed by atoms with E-state index in [4.69, 9.17) is 19.3 Å². The minimum Gasteiger partial charge on any atom is -0.478 e. The molecule has 1 N–H and O–H groups in total. The fourth-order valence-electron chi connectivity index (χ4n) is 2.19. The van der Waals surface area contributed by atoms with Crippen molar-refractivity contribution in [1.29, 1.82) is 0 Å². The summed E-state index contributed by atoms with van der Waals surface area (Å²) in [6.07, 6.45) is 1.51. The third-order valence-electron chi connectivity index (χ3n) is 3.11. The molecule has 0 aromatic carbocycles. The second-order valence-corrected chi connectivity index (χ2v) is 4.98. The van der Waals surface area contributed by atoms with Gasteiger partial charge in [-0.1, -0.05) is 6.08 Å². The minimum absolute atomic E-state index is 0.0146. The average molecular weight is 242 g/mol. The number of carbonyl (C=O) groups is 1. The SMILES string of the molecule is CC(=CC1COC2COC(C)(C)OC12)C(=O)O. The molecule has 5 heteroatoms. The van der Waals surface area contributed by atoms with Crippen LogP contribution in [0.5, 0.6) is 0 Å². The van der Waals surface area contributed by atoms with Gasteiger partial charge in [-0.25, -0.2) is 4.79 Å². The maximum absolute atomic E-state index is 10.8. The summed E-state index contributed by atoms with van der Waals surface area (Å²) in [6.45, 7) is 6.27. The molecule has 0 radical (unpaired) electrons. The number of carboxylic acids is 1. The van der Waals surface area contributed by atoms with Crippen molar-refractivity contribution in [2.75, 3.05) is 13.2 Å². The molecule has 2 saturated heterocycles. The summed E-state index contributed by atoms with van der Waals surface area (Å²) < 4.78 is 16.9. The second-order valence-electron chi connectivity index (χ2n) is 4.98. The molecule has 2 heterocycles. The number of hydrogen-bond acceptors (Lipinski definition) is 4. The van der Waals surface area contributed by atoms with Crippen LogP contribution in [-0.2, 0) is 19.0 Å². The van der Waals surface area contributed by atoms with Gasteiger partial charge in [0.15, 0.2) is 5.79 Å². The highest BCUT2D eigenvalue weighted by Crippen LogP contribution is 2.34. The van der Waals surface area contributed by atoms with Crippen molar-refractivity contribution in [1.82, 2.24) is 0 Å². The van der Waals surface area contributed by atoms with Gasteiger partial charge >= 0.3 is 5.97 Å². The molecular formula is C12H18O5.